The number of fused-ring (bicyclic) bond motifs is 4. The monoisotopic (exact) mass is 372 g/mol. The second-order valence-electron chi connectivity index (χ2n) is 7.65. The second kappa shape index (κ2) is 6.35. The first-order chi connectivity index (χ1) is 13.6. The number of para-hydroxylation sites is 1. The Morgan fingerprint density at radius 1 is 1.14 bits per heavy atom. The van der Waals surface area contributed by atoms with Crippen molar-refractivity contribution < 1.29 is 9.84 Å². The van der Waals surface area contributed by atoms with E-state index < -0.39 is 0 Å². The fraction of sp³-hybridized carbons (Fsp3) is 0.292. The summed E-state index contributed by atoms with van der Waals surface area (Å²) in [4.78, 5) is 4.86. The summed E-state index contributed by atoms with van der Waals surface area (Å²) in [7, 11) is 2.06. The van der Waals surface area contributed by atoms with Crippen LogP contribution in [0.5, 0.6) is 5.75 Å². The predicted octanol–water partition coefficient (Wildman–Crippen LogP) is 4.83. The third-order valence-electron chi connectivity index (χ3n) is 6.15. The first-order valence-corrected chi connectivity index (χ1v) is 9.85. The summed E-state index contributed by atoms with van der Waals surface area (Å²) in [6.45, 7) is 4.93. The standard InChI is InChI=1S/C24H24N2O2/c1-14-16-8-6-12-28-21(16)11-10-17(14)22-19(13-27)15(2)25-24-23(22)18-7-4-5-9-20(18)26(24)3/h4-5,7,9-11,27H,6,8,12-13H2,1-3H3. The second-order valence-corrected chi connectivity index (χ2v) is 7.65. The van der Waals surface area contributed by atoms with Crippen molar-refractivity contribution in [3.8, 4) is 16.9 Å². The van der Waals surface area contributed by atoms with Gasteiger partial charge in [0.05, 0.1) is 18.7 Å². The Kier molecular flexibility index (Phi) is 3.91. The molecule has 2 aromatic carbocycles. The summed E-state index contributed by atoms with van der Waals surface area (Å²) in [6, 6.07) is 12.6. The van der Waals surface area contributed by atoms with Crippen LogP contribution in [0.1, 0.15) is 28.8 Å². The van der Waals surface area contributed by atoms with Crippen LogP contribution in [0.15, 0.2) is 36.4 Å². The maximum atomic E-state index is 10.3. The summed E-state index contributed by atoms with van der Waals surface area (Å²) in [5, 5.41) is 12.5. The zero-order chi connectivity index (χ0) is 19.4. The third-order valence-corrected chi connectivity index (χ3v) is 6.15. The molecule has 0 radical (unpaired) electrons. The topological polar surface area (TPSA) is 47.3 Å². The van der Waals surface area contributed by atoms with Crippen molar-refractivity contribution >= 4 is 21.9 Å². The molecule has 0 saturated heterocycles. The predicted molar refractivity (Wildman–Crippen MR) is 113 cm³/mol. The van der Waals surface area contributed by atoms with Gasteiger partial charge in [0.25, 0.3) is 0 Å². The number of benzene rings is 2. The fourth-order valence-electron chi connectivity index (χ4n) is 4.69. The average molecular weight is 372 g/mol. The minimum absolute atomic E-state index is 0.0274. The molecule has 1 N–H and O–H groups in total. The number of nitrogens with zero attached hydrogens (tertiary/aromatic N) is 2. The quantitative estimate of drug-likeness (QED) is 0.548. The van der Waals surface area contributed by atoms with Crippen LogP contribution in [-0.2, 0) is 20.1 Å². The molecule has 0 atom stereocenters. The minimum atomic E-state index is -0.0274. The van der Waals surface area contributed by atoms with Crippen molar-refractivity contribution in [3.63, 3.8) is 0 Å². The Bertz CT molecular complexity index is 1240. The molecule has 0 unspecified atom stereocenters. The van der Waals surface area contributed by atoms with Gasteiger partial charge in [-0.3, -0.25) is 0 Å². The van der Waals surface area contributed by atoms with E-state index in [9.17, 15) is 5.11 Å². The molecule has 0 fully saturated rings. The molecule has 0 saturated carbocycles. The fourth-order valence-corrected chi connectivity index (χ4v) is 4.69. The van der Waals surface area contributed by atoms with Crippen LogP contribution in [0.2, 0.25) is 0 Å². The number of pyridine rings is 1. The normalized spacial score (nSPS) is 13.7. The summed E-state index contributed by atoms with van der Waals surface area (Å²) in [5.41, 5.74) is 8.70. The van der Waals surface area contributed by atoms with Gasteiger partial charge in [-0.2, -0.15) is 0 Å². The van der Waals surface area contributed by atoms with Gasteiger partial charge in [0, 0.05) is 34.6 Å². The van der Waals surface area contributed by atoms with E-state index in [1.54, 1.807) is 0 Å². The molecule has 0 spiro atoms. The Morgan fingerprint density at radius 3 is 2.79 bits per heavy atom. The molecule has 1 aliphatic rings. The highest BCUT2D eigenvalue weighted by atomic mass is 16.5. The van der Waals surface area contributed by atoms with E-state index in [2.05, 4.69) is 54.9 Å². The van der Waals surface area contributed by atoms with Crippen LogP contribution in [0.4, 0.5) is 0 Å². The molecule has 28 heavy (non-hydrogen) atoms. The van der Waals surface area contributed by atoms with Gasteiger partial charge < -0.3 is 14.4 Å². The number of hydrogen-bond donors (Lipinski definition) is 1. The Balaban J connectivity index is 1.95. The Hall–Kier alpha value is -2.85. The largest absolute Gasteiger partial charge is 0.493 e. The van der Waals surface area contributed by atoms with E-state index in [0.717, 1.165) is 58.6 Å². The third kappa shape index (κ3) is 2.31. The molecule has 4 heteroatoms. The molecule has 4 nitrogen and oxygen atoms in total. The van der Waals surface area contributed by atoms with E-state index in [4.69, 9.17) is 9.72 Å². The number of hydrogen-bond acceptors (Lipinski definition) is 3. The van der Waals surface area contributed by atoms with Crippen LogP contribution >= 0.6 is 0 Å². The highest BCUT2D eigenvalue weighted by Gasteiger charge is 2.23. The van der Waals surface area contributed by atoms with Crippen molar-refractivity contribution in [1.82, 2.24) is 9.55 Å². The number of aliphatic hydroxyl groups is 1. The zero-order valence-electron chi connectivity index (χ0n) is 16.5. The van der Waals surface area contributed by atoms with Gasteiger partial charge in [-0.1, -0.05) is 24.3 Å². The molecular formula is C24H24N2O2. The lowest BCUT2D eigenvalue weighted by atomic mass is 9.88. The van der Waals surface area contributed by atoms with Gasteiger partial charge in [0.1, 0.15) is 11.4 Å². The van der Waals surface area contributed by atoms with Gasteiger partial charge in [0.2, 0.25) is 0 Å². The van der Waals surface area contributed by atoms with E-state index in [1.807, 2.05) is 6.92 Å². The number of rotatable bonds is 2. The van der Waals surface area contributed by atoms with E-state index >= 15 is 0 Å². The lowest BCUT2D eigenvalue weighted by molar-refractivity contribution is 0.281. The SMILES string of the molecule is Cc1nc2c(c(-c3ccc4c(c3C)CCCO4)c1CO)c1ccccc1n2C. The summed E-state index contributed by atoms with van der Waals surface area (Å²) < 4.78 is 8.02. The lowest BCUT2D eigenvalue weighted by Gasteiger charge is -2.22. The molecule has 0 bridgehead atoms. The average Bonchev–Trinajstić information content (AvgIpc) is 3.00. The van der Waals surface area contributed by atoms with Crippen molar-refractivity contribution in [2.45, 2.75) is 33.3 Å². The molecule has 1 aliphatic heterocycles. The first-order valence-electron chi connectivity index (χ1n) is 9.85. The van der Waals surface area contributed by atoms with Gasteiger partial charge >= 0.3 is 0 Å². The van der Waals surface area contributed by atoms with Gasteiger partial charge in [-0.15, -0.1) is 0 Å². The van der Waals surface area contributed by atoms with Gasteiger partial charge in [-0.05, 0) is 55.5 Å². The lowest BCUT2D eigenvalue weighted by Crippen LogP contribution is -2.10. The molecular weight excluding hydrogens is 348 g/mol. The maximum absolute atomic E-state index is 10.3. The number of ether oxygens (including phenoxy) is 1. The Morgan fingerprint density at radius 2 is 1.96 bits per heavy atom. The van der Waals surface area contributed by atoms with Crippen LogP contribution in [0, 0.1) is 13.8 Å². The zero-order valence-corrected chi connectivity index (χ0v) is 16.5. The van der Waals surface area contributed by atoms with Crippen LogP contribution in [-0.4, -0.2) is 21.3 Å². The highest BCUT2D eigenvalue weighted by Crippen LogP contribution is 2.42. The molecule has 3 heterocycles. The van der Waals surface area contributed by atoms with E-state index in [-0.39, 0.29) is 6.61 Å². The van der Waals surface area contributed by atoms with Gasteiger partial charge in [0.15, 0.2) is 0 Å². The summed E-state index contributed by atoms with van der Waals surface area (Å²) in [5.74, 6) is 0.998. The van der Waals surface area contributed by atoms with E-state index in [0.29, 0.717) is 0 Å². The van der Waals surface area contributed by atoms with Crippen molar-refractivity contribution in [2.24, 2.45) is 7.05 Å². The van der Waals surface area contributed by atoms with Crippen molar-refractivity contribution in [3.05, 3.63) is 58.8 Å². The summed E-state index contributed by atoms with van der Waals surface area (Å²) >= 11 is 0. The Labute approximate surface area is 164 Å². The number of aryl methyl sites for hydroxylation is 2. The molecule has 4 aromatic rings. The first kappa shape index (κ1) is 17.3. The molecule has 0 aliphatic carbocycles. The minimum Gasteiger partial charge on any atom is -0.493 e. The van der Waals surface area contributed by atoms with Crippen LogP contribution in [0.3, 0.4) is 0 Å². The van der Waals surface area contributed by atoms with Crippen molar-refractivity contribution in [2.75, 3.05) is 6.61 Å². The molecule has 0 amide bonds. The molecule has 5 rings (SSSR count). The van der Waals surface area contributed by atoms with Crippen molar-refractivity contribution in [1.29, 1.82) is 0 Å². The highest BCUT2D eigenvalue weighted by molar-refractivity contribution is 6.14. The maximum Gasteiger partial charge on any atom is 0.141 e. The molecule has 142 valence electrons. The number of aromatic nitrogens is 2. The van der Waals surface area contributed by atoms with E-state index in [1.165, 1.54) is 22.1 Å². The van der Waals surface area contributed by atoms with Gasteiger partial charge in [-0.25, -0.2) is 4.98 Å². The smallest absolute Gasteiger partial charge is 0.141 e. The van der Waals surface area contributed by atoms with Crippen LogP contribution in [0.25, 0.3) is 33.1 Å². The number of aliphatic hydroxyl groups excluding tert-OH is 1. The van der Waals surface area contributed by atoms with Crippen LogP contribution < -0.4 is 4.74 Å². The summed E-state index contributed by atoms with van der Waals surface area (Å²) in [6.07, 6.45) is 2.08. The molecule has 2 aromatic heterocycles.